The number of hydrogen-bond donors (Lipinski definition) is 1. The first-order valence-electron chi connectivity index (χ1n) is 10.5. The van der Waals surface area contributed by atoms with Crippen LogP contribution >= 0.6 is 11.3 Å². The van der Waals surface area contributed by atoms with Gasteiger partial charge < -0.3 is 10.2 Å². The molecular weight excluding hydrogens is 406 g/mol. The number of piperazine rings is 1. The molecule has 0 aromatic carbocycles. The van der Waals surface area contributed by atoms with E-state index in [0.29, 0.717) is 12.1 Å². The van der Waals surface area contributed by atoms with Gasteiger partial charge in [-0.3, -0.25) is 9.88 Å². The van der Waals surface area contributed by atoms with Crippen LogP contribution in [0.25, 0.3) is 20.8 Å². The van der Waals surface area contributed by atoms with E-state index in [-0.39, 0.29) is 0 Å². The van der Waals surface area contributed by atoms with Crippen molar-refractivity contribution in [3.8, 4) is 10.6 Å². The summed E-state index contributed by atoms with van der Waals surface area (Å²) < 4.78 is 1.06. The average Bonchev–Trinajstić information content (AvgIpc) is 3.47. The molecule has 156 valence electrons. The smallest absolute Gasteiger partial charge is 0.133 e. The highest BCUT2D eigenvalue weighted by molar-refractivity contribution is 7.21. The van der Waals surface area contributed by atoms with Gasteiger partial charge in [0.1, 0.15) is 22.5 Å². The molecule has 2 aliphatic rings. The Bertz CT molecular complexity index is 1270. The van der Waals surface area contributed by atoms with Gasteiger partial charge in [0.05, 0.1) is 10.2 Å². The molecule has 6 rings (SSSR count). The maximum absolute atomic E-state index is 4.87. The number of thiazole rings is 1. The second-order valence-corrected chi connectivity index (χ2v) is 9.41. The van der Waals surface area contributed by atoms with Gasteiger partial charge >= 0.3 is 0 Å². The summed E-state index contributed by atoms with van der Waals surface area (Å²) in [6.45, 7) is 4.16. The third kappa shape index (κ3) is 3.41. The van der Waals surface area contributed by atoms with E-state index in [9.17, 15) is 0 Å². The molecule has 2 bridgehead atoms. The standard InChI is InChI=1S/C23H23N7S/c1-14-8-15(6-7-24-14)23-26-18-10-21(25-11-19(18)31-23)27-20-4-3-5-22(28-20)30-13-16-9-17(30)12-29(16)2/h3-8,10-11,16-17H,9,12-13H2,1-2H3,(H,25,27,28)/t16-,17-/m0/s1. The molecule has 2 atom stereocenters. The van der Waals surface area contributed by atoms with Crippen LogP contribution in [0.1, 0.15) is 12.1 Å². The Morgan fingerprint density at radius 2 is 1.97 bits per heavy atom. The number of nitrogens with zero attached hydrogens (tertiary/aromatic N) is 6. The minimum Gasteiger partial charge on any atom is -0.351 e. The number of pyridine rings is 3. The molecule has 0 saturated carbocycles. The summed E-state index contributed by atoms with van der Waals surface area (Å²) in [7, 11) is 2.22. The number of aryl methyl sites for hydroxylation is 1. The summed E-state index contributed by atoms with van der Waals surface area (Å²) in [6, 6.07) is 13.4. The van der Waals surface area contributed by atoms with Crippen molar-refractivity contribution in [2.45, 2.75) is 25.4 Å². The van der Waals surface area contributed by atoms with Gasteiger partial charge in [0.2, 0.25) is 0 Å². The van der Waals surface area contributed by atoms with Crippen molar-refractivity contribution in [3.05, 3.63) is 54.5 Å². The zero-order valence-electron chi connectivity index (χ0n) is 17.5. The van der Waals surface area contributed by atoms with Gasteiger partial charge in [-0.05, 0) is 44.7 Å². The Kier molecular flexibility index (Phi) is 4.36. The van der Waals surface area contributed by atoms with Gasteiger partial charge in [-0.15, -0.1) is 11.3 Å². The first-order chi connectivity index (χ1) is 15.1. The van der Waals surface area contributed by atoms with E-state index < -0.39 is 0 Å². The number of anilines is 3. The van der Waals surface area contributed by atoms with Gasteiger partial charge in [-0.25, -0.2) is 15.0 Å². The van der Waals surface area contributed by atoms with E-state index in [1.165, 1.54) is 6.42 Å². The van der Waals surface area contributed by atoms with E-state index in [4.69, 9.17) is 9.97 Å². The van der Waals surface area contributed by atoms with E-state index in [2.05, 4.69) is 50.3 Å². The number of rotatable bonds is 4. The van der Waals surface area contributed by atoms with Crippen molar-refractivity contribution in [2.24, 2.45) is 0 Å². The third-order valence-electron chi connectivity index (χ3n) is 6.22. The summed E-state index contributed by atoms with van der Waals surface area (Å²) in [4.78, 5) is 23.4. The van der Waals surface area contributed by atoms with Gasteiger partial charge in [0.15, 0.2) is 0 Å². The molecular formula is C23H23N7S. The molecule has 0 radical (unpaired) electrons. The average molecular weight is 430 g/mol. The zero-order chi connectivity index (χ0) is 20.9. The fourth-order valence-corrected chi connectivity index (χ4v) is 5.55. The molecule has 0 unspecified atom stereocenters. The van der Waals surface area contributed by atoms with Crippen molar-refractivity contribution in [3.63, 3.8) is 0 Å². The van der Waals surface area contributed by atoms with Crippen LogP contribution in [0.2, 0.25) is 0 Å². The second-order valence-electron chi connectivity index (χ2n) is 8.38. The number of fused-ring (bicyclic) bond motifs is 3. The number of likely N-dealkylation sites (N-methyl/N-ethyl adjacent to an activating group) is 1. The maximum Gasteiger partial charge on any atom is 0.133 e. The van der Waals surface area contributed by atoms with Crippen LogP contribution in [-0.4, -0.2) is 57.1 Å². The van der Waals surface area contributed by atoms with Crippen molar-refractivity contribution in [1.82, 2.24) is 24.8 Å². The first-order valence-corrected chi connectivity index (χ1v) is 11.3. The SMILES string of the molecule is Cc1cc(-c2nc3cc(Nc4cccc(N5C[C@@H]6C[C@H]5CN6C)n4)ncc3s2)ccn1. The topological polar surface area (TPSA) is 70.1 Å². The number of likely N-dealkylation sites (tertiary alicyclic amines) is 1. The fourth-order valence-electron chi connectivity index (χ4n) is 4.64. The lowest BCUT2D eigenvalue weighted by Crippen LogP contribution is -2.44. The second kappa shape index (κ2) is 7.25. The predicted molar refractivity (Wildman–Crippen MR) is 125 cm³/mol. The lowest BCUT2D eigenvalue weighted by Gasteiger charge is -2.32. The van der Waals surface area contributed by atoms with Crippen molar-refractivity contribution in [1.29, 1.82) is 0 Å². The monoisotopic (exact) mass is 429 g/mol. The molecule has 2 saturated heterocycles. The molecule has 31 heavy (non-hydrogen) atoms. The molecule has 4 aromatic rings. The van der Waals surface area contributed by atoms with Crippen LogP contribution in [0.4, 0.5) is 17.5 Å². The molecule has 0 amide bonds. The summed E-state index contributed by atoms with van der Waals surface area (Å²) in [5, 5.41) is 4.35. The predicted octanol–water partition coefficient (Wildman–Crippen LogP) is 4.09. The molecule has 4 aromatic heterocycles. The molecule has 8 heteroatoms. The normalized spacial score (nSPS) is 20.6. The third-order valence-corrected chi connectivity index (χ3v) is 7.27. The molecule has 2 aliphatic heterocycles. The van der Waals surface area contributed by atoms with E-state index >= 15 is 0 Å². The summed E-state index contributed by atoms with van der Waals surface area (Å²) in [6.07, 6.45) is 4.94. The fraction of sp³-hybridized carbons (Fsp3) is 0.304. The first kappa shape index (κ1) is 18.7. The molecule has 0 spiro atoms. The highest BCUT2D eigenvalue weighted by atomic mass is 32.1. The molecule has 1 N–H and O–H groups in total. The maximum atomic E-state index is 4.87. The van der Waals surface area contributed by atoms with Crippen LogP contribution in [0.15, 0.2) is 48.8 Å². The highest BCUT2D eigenvalue weighted by Crippen LogP contribution is 2.34. The summed E-state index contributed by atoms with van der Waals surface area (Å²) in [5.41, 5.74) is 3.01. The summed E-state index contributed by atoms with van der Waals surface area (Å²) in [5.74, 6) is 2.60. The van der Waals surface area contributed by atoms with Crippen molar-refractivity contribution >= 4 is 39.0 Å². The zero-order valence-corrected chi connectivity index (χ0v) is 18.3. The Labute approximate surface area is 184 Å². The quantitative estimate of drug-likeness (QED) is 0.524. The van der Waals surface area contributed by atoms with E-state index in [1.807, 2.05) is 37.5 Å². The molecule has 6 heterocycles. The minimum atomic E-state index is 0.567. The van der Waals surface area contributed by atoms with Crippen LogP contribution in [0.5, 0.6) is 0 Å². The van der Waals surface area contributed by atoms with Crippen molar-refractivity contribution < 1.29 is 0 Å². The lowest BCUT2D eigenvalue weighted by atomic mass is 10.2. The number of nitrogens with one attached hydrogen (secondary N) is 1. The molecule has 0 aliphatic carbocycles. The highest BCUT2D eigenvalue weighted by Gasteiger charge is 2.41. The van der Waals surface area contributed by atoms with E-state index in [1.54, 1.807) is 11.3 Å². The largest absolute Gasteiger partial charge is 0.351 e. The molecule has 7 nitrogen and oxygen atoms in total. The van der Waals surface area contributed by atoms with Crippen LogP contribution in [0, 0.1) is 6.92 Å². The van der Waals surface area contributed by atoms with Gasteiger partial charge in [-0.2, -0.15) is 0 Å². The van der Waals surface area contributed by atoms with Crippen molar-refractivity contribution in [2.75, 3.05) is 30.4 Å². The minimum absolute atomic E-state index is 0.567. The van der Waals surface area contributed by atoms with Gasteiger partial charge in [0.25, 0.3) is 0 Å². The summed E-state index contributed by atoms with van der Waals surface area (Å²) >= 11 is 1.64. The Morgan fingerprint density at radius 3 is 2.77 bits per heavy atom. The number of hydrogen-bond acceptors (Lipinski definition) is 8. The van der Waals surface area contributed by atoms with E-state index in [0.717, 1.165) is 57.0 Å². The Balaban J connectivity index is 1.25. The van der Waals surface area contributed by atoms with Crippen LogP contribution in [-0.2, 0) is 0 Å². The lowest BCUT2D eigenvalue weighted by molar-refractivity contribution is 0.292. The molecule has 2 fully saturated rings. The van der Waals surface area contributed by atoms with Gasteiger partial charge in [0, 0.05) is 54.9 Å². The van der Waals surface area contributed by atoms with Crippen LogP contribution in [0.3, 0.4) is 0 Å². The van der Waals surface area contributed by atoms with Crippen LogP contribution < -0.4 is 10.2 Å². The Morgan fingerprint density at radius 1 is 1.03 bits per heavy atom. The number of aromatic nitrogens is 4. The van der Waals surface area contributed by atoms with Gasteiger partial charge in [-0.1, -0.05) is 6.07 Å². The Hall–Kier alpha value is -3.10.